The number of amides is 1. The molecule has 0 bridgehead atoms. The summed E-state index contributed by atoms with van der Waals surface area (Å²) < 4.78 is 52.2. The van der Waals surface area contributed by atoms with Gasteiger partial charge in [0.25, 0.3) is 5.91 Å². The Labute approximate surface area is 128 Å². The lowest BCUT2D eigenvalue weighted by molar-refractivity contribution is -0.187. The second-order valence-corrected chi connectivity index (χ2v) is 5.91. The van der Waals surface area contributed by atoms with E-state index in [0.717, 1.165) is 0 Å². The molecule has 2 rings (SSSR count). The molecule has 1 aliphatic rings. The molecule has 0 heterocycles. The van der Waals surface area contributed by atoms with E-state index in [2.05, 4.69) is 21.2 Å². The maximum Gasteiger partial charge on any atom is 0.393 e. The molecule has 116 valence electrons. The lowest BCUT2D eigenvalue weighted by atomic mass is 9.84. The monoisotopic (exact) mass is 367 g/mol. The largest absolute Gasteiger partial charge is 0.393 e. The molecule has 1 aliphatic carbocycles. The molecule has 2 unspecified atom stereocenters. The van der Waals surface area contributed by atoms with Crippen LogP contribution in [0.5, 0.6) is 0 Å². The zero-order valence-corrected chi connectivity index (χ0v) is 12.6. The highest BCUT2D eigenvalue weighted by atomic mass is 79.9. The summed E-state index contributed by atoms with van der Waals surface area (Å²) in [5, 5.41) is 2.40. The minimum absolute atomic E-state index is 0.00139. The highest BCUT2D eigenvalue weighted by Crippen LogP contribution is 2.38. The van der Waals surface area contributed by atoms with E-state index in [1.165, 1.54) is 18.2 Å². The summed E-state index contributed by atoms with van der Waals surface area (Å²) in [5.74, 6) is -2.86. The molecule has 1 aromatic carbocycles. The maximum atomic E-state index is 13.4. The van der Waals surface area contributed by atoms with Crippen LogP contribution < -0.4 is 5.32 Å². The van der Waals surface area contributed by atoms with Gasteiger partial charge in [-0.2, -0.15) is 13.2 Å². The fourth-order valence-electron chi connectivity index (χ4n) is 2.62. The molecule has 2 nitrogen and oxygen atoms in total. The number of nitrogens with one attached hydrogen (secondary N) is 1. The topological polar surface area (TPSA) is 29.1 Å². The fourth-order valence-corrected chi connectivity index (χ4v) is 3.07. The van der Waals surface area contributed by atoms with Gasteiger partial charge in [0.15, 0.2) is 0 Å². The second-order valence-electron chi connectivity index (χ2n) is 5.11. The first-order valence-corrected chi connectivity index (χ1v) is 7.41. The van der Waals surface area contributed by atoms with Crippen molar-refractivity contribution in [1.82, 2.24) is 5.32 Å². The Morgan fingerprint density at radius 1 is 1.24 bits per heavy atom. The fraction of sp³-hybridized carbons (Fsp3) is 0.500. The third kappa shape index (κ3) is 3.75. The van der Waals surface area contributed by atoms with Gasteiger partial charge in [0, 0.05) is 6.04 Å². The molecular weight excluding hydrogens is 354 g/mol. The summed E-state index contributed by atoms with van der Waals surface area (Å²) in [6.45, 7) is 0. The Morgan fingerprint density at radius 2 is 1.90 bits per heavy atom. The van der Waals surface area contributed by atoms with Crippen LogP contribution >= 0.6 is 15.9 Å². The lowest BCUT2D eigenvalue weighted by Crippen LogP contribution is -2.47. The van der Waals surface area contributed by atoms with Gasteiger partial charge in [0.1, 0.15) is 5.82 Å². The molecule has 0 spiro atoms. The first-order valence-electron chi connectivity index (χ1n) is 6.62. The number of carbonyl (C=O) groups is 1. The summed E-state index contributed by atoms with van der Waals surface area (Å²) in [6, 6.07) is 2.92. The van der Waals surface area contributed by atoms with E-state index in [1.54, 1.807) is 0 Å². The predicted molar refractivity (Wildman–Crippen MR) is 73.4 cm³/mol. The molecule has 1 saturated carbocycles. The molecule has 1 aromatic rings. The summed E-state index contributed by atoms with van der Waals surface area (Å²) in [5.41, 5.74) is 0.00139. The number of carbonyl (C=O) groups excluding carboxylic acids is 1. The first-order chi connectivity index (χ1) is 9.80. The van der Waals surface area contributed by atoms with Crippen LogP contribution in [0.2, 0.25) is 0 Å². The van der Waals surface area contributed by atoms with Crippen LogP contribution in [0.3, 0.4) is 0 Å². The number of hydrogen-bond acceptors (Lipinski definition) is 1. The van der Waals surface area contributed by atoms with Crippen LogP contribution in [-0.2, 0) is 0 Å². The number of benzene rings is 1. The van der Waals surface area contributed by atoms with Gasteiger partial charge in [-0.1, -0.05) is 18.9 Å². The molecule has 0 radical (unpaired) electrons. The van der Waals surface area contributed by atoms with Crippen LogP contribution in [0.1, 0.15) is 36.0 Å². The van der Waals surface area contributed by atoms with E-state index in [1.807, 2.05) is 0 Å². The second kappa shape index (κ2) is 6.34. The Kier molecular flexibility index (Phi) is 4.91. The Hall–Kier alpha value is -1.11. The molecule has 2 atom stereocenters. The third-order valence-electron chi connectivity index (χ3n) is 3.70. The lowest BCUT2D eigenvalue weighted by Gasteiger charge is -2.33. The highest BCUT2D eigenvalue weighted by Gasteiger charge is 2.46. The van der Waals surface area contributed by atoms with Crippen LogP contribution in [0.25, 0.3) is 0 Å². The molecule has 7 heteroatoms. The van der Waals surface area contributed by atoms with Crippen molar-refractivity contribution < 1.29 is 22.4 Å². The molecule has 1 amide bonds. The van der Waals surface area contributed by atoms with Gasteiger partial charge in [-0.25, -0.2) is 4.39 Å². The van der Waals surface area contributed by atoms with Gasteiger partial charge in [-0.05, 0) is 40.9 Å². The van der Waals surface area contributed by atoms with Crippen LogP contribution in [0.15, 0.2) is 22.7 Å². The third-order valence-corrected chi connectivity index (χ3v) is 4.51. The zero-order chi connectivity index (χ0) is 15.6. The van der Waals surface area contributed by atoms with Gasteiger partial charge in [-0.15, -0.1) is 0 Å². The number of rotatable bonds is 2. The van der Waals surface area contributed by atoms with Gasteiger partial charge >= 0.3 is 6.18 Å². The SMILES string of the molecule is O=C(NC1CCCCC1C(F)(F)F)c1cccc(F)c1Br. The summed E-state index contributed by atoms with van der Waals surface area (Å²) >= 11 is 2.94. The van der Waals surface area contributed by atoms with E-state index < -0.39 is 29.9 Å². The molecular formula is C14H14BrF4NO. The van der Waals surface area contributed by atoms with Gasteiger partial charge in [0.2, 0.25) is 0 Å². The quantitative estimate of drug-likeness (QED) is 0.769. The summed E-state index contributed by atoms with van der Waals surface area (Å²) in [7, 11) is 0. The van der Waals surface area contributed by atoms with Crippen molar-refractivity contribution in [1.29, 1.82) is 0 Å². The Bertz CT molecular complexity index is 532. The van der Waals surface area contributed by atoms with Crippen molar-refractivity contribution in [3.8, 4) is 0 Å². The number of hydrogen-bond donors (Lipinski definition) is 1. The predicted octanol–water partition coefficient (Wildman–Crippen LogP) is 4.44. The van der Waals surface area contributed by atoms with Crippen LogP contribution in [-0.4, -0.2) is 18.1 Å². The molecule has 1 N–H and O–H groups in total. The average Bonchev–Trinajstić information content (AvgIpc) is 2.41. The average molecular weight is 368 g/mol. The van der Waals surface area contributed by atoms with Crippen molar-refractivity contribution in [3.05, 3.63) is 34.1 Å². The standard InChI is InChI=1S/C14H14BrF4NO/c15-12-8(4-3-6-10(12)16)13(21)20-11-7-2-1-5-9(11)14(17,18)19/h3-4,6,9,11H,1-2,5,7H2,(H,20,21). The van der Waals surface area contributed by atoms with Crippen molar-refractivity contribution in [2.45, 2.75) is 37.9 Å². The van der Waals surface area contributed by atoms with Crippen molar-refractivity contribution in [2.75, 3.05) is 0 Å². The Morgan fingerprint density at radius 3 is 2.57 bits per heavy atom. The summed E-state index contributed by atoms with van der Waals surface area (Å²) in [6.07, 6.45) is -2.90. The van der Waals surface area contributed by atoms with Crippen molar-refractivity contribution in [3.63, 3.8) is 0 Å². The van der Waals surface area contributed by atoms with E-state index in [-0.39, 0.29) is 22.9 Å². The van der Waals surface area contributed by atoms with E-state index >= 15 is 0 Å². The Balaban J connectivity index is 2.15. The van der Waals surface area contributed by atoms with E-state index in [4.69, 9.17) is 0 Å². The minimum atomic E-state index is -4.34. The van der Waals surface area contributed by atoms with E-state index in [9.17, 15) is 22.4 Å². The van der Waals surface area contributed by atoms with Crippen molar-refractivity contribution in [2.24, 2.45) is 5.92 Å². The molecule has 21 heavy (non-hydrogen) atoms. The number of halogens is 5. The van der Waals surface area contributed by atoms with Crippen molar-refractivity contribution >= 4 is 21.8 Å². The zero-order valence-electron chi connectivity index (χ0n) is 11.0. The van der Waals surface area contributed by atoms with Gasteiger partial charge in [-0.3, -0.25) is 4.79 Å². The van der Waals surface area contributed by atoms with Gasteiger partial charge in [0.05, 0.1) is 16.0 Å². The van der Waals surface area contributed by atoms with Crippen LogP contribution in [0.4, 0.5) is 17.6 Å². The number of alkyl halides is 3. The van der Waals surface area contributed by atoms with E-state index in [0.29, 0.717) is 12.8 Å². The normalized spacial score (nSPS) is 22.9. The molecule has 0 saturated heterocycles. The minimum Gasteiger partial charge on any atom is -0.349 e. The highest BCUT2D eigenvalue weighted by molar-refractivity contribution is 9.10. The molecule has 0 aromatic heterocycles. The smallest absolute Gasteiger partial charge is 0.349 e. The van der Waals surface area contributed by atoms with Gasteiger partial charge < -0.3 is 5.32 Å². The molecule has 1 fully saturated rings. The first kappa shape index (κ1) is 16.3. The maximum absolute atomic E-state index is 13.4. The van der Waals surface area contributed by atoms with Crippen LogP contribution in [0, 0.1) is 11.7 Å². The molecule has 0 aliphatic heterocycles. The summed E-state index contributed by atoms with van der Waals surface area (Å²) in [4.78, 5) is 12.1.